The van der Waals surface area contributed by atoms with Gasteiger partial charge in [-0.1, -0.05) is 72.8 Å². The van der Waals surface area contributed by atoms with Crippen LogP contribution < -0.4 is 0 Å². The first-order valence-corrected chi connectivity index (χ1v) is 8.80. The van der Waals surface area contributed by atoms with Gasteiger partial charge in [-0.15, -0.1) is 11.3 Å². The molecule has 0 saturated carbocycles. The number of benzene rings is 3. The van der Waals surface area contributed by atoms with E-state index in [0.29, 0.717) is 0 Å². The van der Waals surface area contributed by atoms with Crippen molar-refractivity contribution in [3.8, 4) is 10.6 Å². The second-order valence-corrected chi connectivity index (χ2v) is 6.89. The number of hydrogen-bond donors (Lipinski definition) is 0. The standard InChI is InChI=1S/C22H17NS/c1-16-7-14-20-21(15-16)24-22(23-20)19-12-10-18(11-13-19)9-8-17-5-3-2-4-6-17/h2-15H,1H3. The van der Waals surface area contributed by atoms with Gasteiger partial charge in [-0.3, -0.25) is 0 Å². The summed E-state index contributed by atoms with van der Waals surface area (Å²) in [6.07, 6.45) is 4.27. The minimum atomic E-state index is 1.08. The van der Waals surface area contributed by atoms with E-state index in [1.165, 1.54) is 27.0 Å². The van der Waals surface area contributed by atoms with Crippen molar-refractivity contribution < 1.29 is 0 Å². The molecule has 0 aliphatic carbocycles. The smallest absolute Gasteiger partial charge is 0.124 e. The van der Waals surface area contributed by atoms with Gasteiger partial charge in [-0.05, 0) is 35.7 Å². The van der Waals surface area contributed by atoms with Gasteiger partial charge < -0.3 is 0 Å². The number of aryl methyl sites for hydroxylation is 1. The first-order chi connectivity index (χ1) is 11.8. The Morgan fingerprint density at radius 1 is 0.792 bits per heavy atom. The molecule has 0 atom stereocenters. The van der Waals surface area contributed by atoms with Crippen LogP contribution in [0.2, 0.25) is 0 Å². The molecule has 2 heteroatoms. The average Bonchev–Trinajstić information content (AvgIpc) is 3.04. The number of aromatic nitrogens is 1. The Bertz CT molecular complexity index is 995. The Labute approximate surface area is 145 Å². The molecule has 0 amide bonds. The normalized spacial score (nSPS) is 11.4. The van der Waals surface area contributed by atoms with Crippen LogP contribution in [0.1, 0.15) is 16.7 Å². The van der Waals surface area contributed by atoms with Crippen molar-refractivity contribution in [1.29, 1.82) is 0 Å². The Kier molecular flexibility index (Phi) is 3.97. The maximum absolute atomic E-state index is 4.75. The highest BCUT2D eigenvalue weighted by molar-refractivity contribution is 7.21. The molecule has 0 saturated heterocycles. The fourth-order valence-electron chi connectivity index (χ4n) is 2.65. The van der Waals surface area contributed by atoms with Crippen molar-refractivity contribution in [2.75, 3.05) is 0 Å². The second-order valence-electron chi connectivity index (χ2n) is 5.86. The van der Waals surface area contributed by atoms with Crippen molar-refractivity contribution in [2.24, 2.45) is 0 Å². The van der Waals surface area contributed by atoms with Crippen LogP contribution in [0, 0.1) is 6.92 Å². The van der Waals surface area contributed by atoms with Crippen molar-refractivity contribution in [1.82, 2.24) is 4.98 Å². The van der Waals surface area contributed by atoms with Crippen molar-refractivity contribution in [2.45, 2.75) is 6.92 Å². The first kappa shape index (κ1) is 14.9. The summed E-state index contributed by atoms with van der Waals surface area (Å²) in [5.41, 5.74) is 5.93. The molecule has 0 aliphatic heterocycles. The lowest BCUT2D eigenvalue weighted by Crippen LogP contribution is -1.77. The number of rotatable bonds is 3. The summed E-state index contributed by atoms with van der Waals surface area (Å²) in [5, 5.41) is 1.08. The van der Waals surface area contributed by atoms with Crippen LogP contribution in [0.25, 0.3) is 32.9 Å². The molecule has 0 aliphatic rings. The van der Waals surface area contributed by atoms with E-state index in [2.05, 4.69) is 85.8 Å². The van der Waals surface area contributed by atoms with Crippen LogP contribution in [0.4, 0.5) is 0 Å². The third kappa shape index (κ3) is 3.15. The Morgan fingerprint density at radius 3 is 2.25 bits per heavy atom. The molecule has 24 heavy (non-hydrogen) atoms. The Morgan fingerprint density at radius 2 is 1.50 bits per heavy atom. The van der Waals surface area contributed by atoms with Gasteiger partial charge in [0.1, 0.15) is 5.01 Å². The summed E-state index contributed by atoms with van der Waals surface area (Å²) in [6, 6.07) is 25.4. The lowest BCUT2D eigenvalue weighted by Gasteiger charge is -1.98. The van der Waals surface area contributed by atoms with Crippen LogP contribution in [0.3, 0.4) is 0 Å². The van der Waals surface area contributed by atoms with E-state index in [0.717, 1.165) is 10.5 Å². The van der Waals surface area contributed by atoms with Gasteiger partial charge in [-0.2, -0.15) is 0 Å². The van der Waals surface area contributed by atoms with Gasteiger partial charge in [0.05, 0.1) is 10.2 Å². The third-order valence-corrected chi connectivity index (χ3v) is 5.04. The SMILES string of the molecule is Cc1ccc2nc(-c3ccc(C=Cc4ccccc4)cc3)sc2c1. The topological polar surface area (TPSA) is 12.9 Å². The van der Waals surface area contributed by atoms with Gasteiger partial charge in [-0.25, -0.2) is 4.98 Å². The molecule has 1 nitrogen and oxygen atoms in total. The molecule has 0 fully saturated rings. The maximum atomic E-state index is 4.75. The quantitative estimate of drug-likeness (QED) is 0.394. The number of thiazole rings is 1. The Balaban J connectivity index is 1.59. The van der Waals surface area contributed by atoms with E-state index in [-0.39, 0.29) is 0 Å². The monoisotopic (exact) mass is 327 g/mol. The Hall–Kier alpha value is -2.71. The largest absolute Gasteiger partial charge is 0.236 e. The summed E-state index contributed by atoms with van der Waals surface area (Å²) in [7, 11) is 0. The molecule has 4 rings (SSSR count). The van der Waals surface area contributed by atoms with Crippen LogP contribution in [-0.2, 0) is 0 Å². The number of hydrogen-bond acceptors (Lipinski definition) is 2. The molecule has 0 unspecified atom stereocenters. The lowest BCUT2D eigenvalue weighted by atomic mass is 10.1. The highest BCUT2D eigenvalue weighted by Gasteiger charge is 2.06. The zero-order valence-corrected chi connectivity index (χ0v) is 14.3. The molecule has 1 aromatic heterocycles. The summed E-state index contributed by atoms with van der Waals surface area (Å²) in [4.78, 5) is 4.75. The van der Waals surface area contributed by atoms with Crippen molar-refractivity contribution in [3.63, 3.8) is 0 Å². The van der Waals surface area contributed by atoms with E-state index in [1.54, 1.807) is 11.3 Å². The van der Waals surface area contributed by atoms with Gasteiger partial charge in [0.15, 0.2) is 0 Å². The van der Waals surface area contributed by atoms with Gasteiger partial charge in [0.2, 0.25) is 0 Å². The molecule has 3 aromatic carbocycles. The van der Waals surface area contributed by atoms with Crippen LogP contribution in [0.5, 0.6) is 0 Å². The second kappa shape index (κ2) is 6.42. The molecule has 0 spiro atoms. The van der Waals surface area contributed by atoms with E-state index in [4.69, 9.17) is 4.98 Å². The van der Waals surface area contributed by atoms with Gasteiger partial charge in [0, 0.05) is 5.56 Å². The van der Waals surface area contributed by atoms with Crippen LogP contribution >= 0.6 is 11.3 Å². The zero-order valence-electron chi connectivity index (χ0n) is 13.4. The van der Waals surface area contributed by atoms with Crippen molar-refractivity contribution >= 4 is 33.7 Å². The average molecular weight is 327 g/mol. The summed E-state index contributed by atoms with van der Waals surface area (Å²) < 4.78 is 1.25. The van der Waals surface area contributed by atoms with E-state index in [1.807, 2.05) is 6.07 Å². The first-order valence-electron chi connectivity index (χ1n) is 7.99. The molecular weight excluding hydrogens is 310 g/mol. The van der Waals surface area contributed by atoms with Gasteiger partial charge in [0.25, 0.3) is 0 Å². The molecular formula is C22H17NS. The molecule has 0 radical (unpaired) electrons. The minimum absolute atomic E-state index is 1.08. The molecule has 4 aromatic rings. The summed E-state index contributed by atoms with van der Waals surface area (Å²) >= 11 is 1.75. The summed E-state index contributed by atoms with van der Waals surface area (Å²) in [5.74, 6) is 0. The number of nitrogens with zero attached hydrogens (tertiary/aromatic N) is 1. The molecule has 1 heterocycles. The highest BCUT2D eigenvalue weighted by Crippen LogP contribution is 2.30. The van der Waals surface area contributed by atoms with E-state index < -0.39 is 0 Å². The fraction of sp³-hybridized carbons (Fsp3) is 0.0455. The predicted octanol–water partition coefficient (Wildman–Crippen LogP) is 6.44. The molecule has 116 valence electrons. The van der Waals surface area contributed by atoms with Crippen LogP contribution in [-0.4, -0.2) is 4.98 Å². The third-order valence-electron chi connectivity index (χ3n) is 3.97. The highest BCUT2D eigenvalue weighted by atomic mass is 32.1. The maximum Gasteiger partial charge on any atom is 0.124 e. The lowest BCUT2D eigenvalue weighted by molar-refractivity contribution is 1.45. The van der Waals surface area contributed by atoms with Crippen LogP contribution in [0.15, 0.2) is 72.8 Å². The fourth-order valence-corrected chi connectivity index (χ4v) is 3.72. The molecule has 0 bridgehead atoms. The molecule has 0 N–H and O–H groups in total. The van der Waals surface area contributed by atoms with Crippen molar-refractivity contribution in [3.05, 3.63) is 89.5 Å². The summed E-state index contributed by atoms with van der Waals surface area (Å²) in [6.45, 7) is 2.12. The van der Waals surface area contributed by atoms with E-state index >= 15 is 0 Å². The van der Waals surface area contributed by atoms with E-state index in [9.17, 15) is 0 Å². The minimum Gasteiger partial charge on any atom is -0.236 e. The zero-order chi connectivity index (χ0) is 16.4. The number of fused-ring (bicyclic) bond motifs is 1. The van der Waals surface area contributed by atoms with Gasteiger partial charge >= 0.3 is 0 Å². The predicted molar refractivity (Wildman–Crippen MR) is 105 cm³/mol.